The van der Waals surface area contributed by atoms with Crippen molar-refractivity contribution < 1.29 is 9.72 Å². The van der Waals surface area contributed by atoms with Crippen LogP contribution in [0.3, 0.4) is 0 Å². The molecule has 2 heterocycles. The number of nitrogens with zero attached hydrogens (tertiary/aromatic N) is 2. The fourth-order valence-corrected chi connectivity index (χ4v) is 3.59. The summed E-state index contributed by atoms with van der Waals surface area (Å²) in [4.78, 5) is 24.8. The molecule has 0 aliphatic carbocycles. The molecule has 3 rings (SSSR count). The number of carbonyl (C=O) groups is 1. The van der Waals surface area contributed by atoms with Crippen molar-refractivity contribution in [2.24, 2.45) is 5.92 Å². The standard InChI is InChI=1S/C14H16BrN3O3/c15-12-4-3-10(18(20)21)6-11(12)14(19)17-7-9-2-1-5-16-13(9)8-17/h3-4,6,9,13,16H,1-2,5,7-8H2. The number of hydrogen-bond acceptors (Lipinski definition) is 4. The minimum atomic E-state index is -0.478. The fraction of sp³-hybridized carbons (Fsp3) is 0.500. The van der Waals surface area contributed by atoms with E-state index in [1.165, 1.54) is 12.1 Å². The van der Waals surface area contributed by atoms with Gasteiger partial charge in [-0.2, -0.15) is 0 Å². The molecule has 0 saturated carbocycles. The van der Waals surface area contributed by atoms with Crippen LogP contribution in [0.5, 0.6) is 0 Å². The van der Waals surface area contributed by atoms with E-state index in [9.17, 15) is 14.9 Å². The van der Waals surface area contributed by atoms with Crippen molar-refractivity contribution in [3.05, 3.63) is 38.3 Å². The molecule has 1 aromatic rings. The van der Waals surface area contributed by atoms with Crippen LogP contribution in [-0.2, 0) is 0 Å². The Labute approximate surface area is 130 Å². The number of halogens is 1. The number of nitro groups is 1. The van der Waals surface area contributed by atoms with Gasteiger partial charge in [-0.1, -0.05) is 0 Å². The third kappa shape index (κ3) is 2.80. The number of piperidine rings is 1. The van der Waals surface area contributed by atoms with Crippen LogP contribution in [0.15, 0.2) is 22.7 Å². The Morgan fingerprint density at radius 3 is 2.95 bits per heavy atom. The fourth-order valence-electron chi connectivity index (χ4n) is 3.17. The number of benzene rings is 1. The van der Waals surface area contributed by atoms with Crippen molar-refractivity contribution >= 4 is 27.5 Å². The third-order valence-electron chi connectivity index (χ3n) is 4.28. The monoisotopic (exact) mass is 353 g/mol. The molecule has 0 bridgehead atoms. The number of amides is 1. The van der Waals surface area contributed by atoms with Crippen molar-refractivity contribution in [1.29, 1.82) is 0 Å². The van der Waals surface area contributed by atoms with Crippen LogP contribution in [0.25, 0.3) is 0 Å². The minimum absolute atomic E-state index is 0.0590. The summed E-state index contributed by atoms with van der Waals surface area (Å²) in [6.45, 7) is 2.41. The van der Waals surface area contributed by atoms with Gasteiger partial charge in [-0.3, -0.25) is 14.9 Å². The molecule has 2 atom stereocenters. The van der Waals surface area contributed by atoms with Gasteiger partial charge in [-0.15, -0.1) is 0 Å². The van der Waals surface area contributed by atoms with Crippen LogP contribution < -0.4 is 5.32 Å². The van der Waals surface area contributed by atoms with E-state index in [1.807, 2.05) is 0 Å². The molecule has 21 heavy (non-hydrogen) atoms. The number of carbonyl (C=O) groups excluding carboxylic acids is 1. The second-order valence-electron chi connectivity index (χ2n) is 5.59. The van der Waals surface area contributed by atoms with Crippen molar-refractivity contribution in [2.75, 3.05) is 19.6 Å². The molecule has 2 aliphatic rings. The van der Waals surface area contributed by atoms with Crippen molar-refractivity contribution in [3.63, 3.8) is 0 Å². The maximum atomic E-state index is 12.6. The zero-order valence-electron chi connectivity index (χ0n) is 11.4. The highest BCUT2D eigenvalue weighted by Gasteiger charge is 2.37. The molecular formula is C14H16BrN3O3. The summed E-state index contributed by atoms with van der Waals surface area (Å²) >= 11 is 3.32. The predicted octanol–water partition coefficient (Wildman–Crippen LogP) is 2.18. The molecule has 1 amide bonds. The second-order valence-corrected chi connectivity index (χ2v) is 6.45. The minimum Gasteiger partial charge on any atom is -0.337 e. The Hall–Kier alpha value is -1.47. The summed E-state index contributed by atoms with van der Waals surface area (Å²) in [5.41, 5.74) is 0.305. The Morgan fingerprint density at radius 2 is 2.24 bits per heavy atom. The van der Waals surface area contributed by atoms with Crippen LogP contribution >= 0.6 is 15.9 Å². The normalized spacial score (nSPS) is 24.7. The number of rotatable bonds is 2. The smallest absolute Gasteiger partial charge is 0.270 e. The number of hydrogen-bond donors (Lipinski definition) is 1. The molecule has 112 valence electrons. The van der Waals surface area contributed by atoms with Crippen LogP contribution in [0.4, 0.5) is 5.69 Å². The number of non-ortho nitro benzene ring substituents is 1. The molecule has 2 aliphatic heterocycles. The Kier molecular flexibility index (Phi) is 3.95. The highest BCUT2D eigenvalue weighted by atomic mass is 79.9. The molecule has 2 fully saturated rings. The number of likely N-dealkylation sites (tertiary alicyclic amines) is 1. The highest BCUT2D eigenvalue weighted by Crippen LogP contribution is 2.29. The van der Waals surface area contributed by atoms with E-state index in [1.54, 1.807) is 11.0 Å². The van der Waals surface area contributed by atoms with Gasteiger partial charge in [-0.05, 0) is 47.3 Å². The first-order chi connectivity index (χ1) is 10.1. The largest absolute Gasteiger partial charge is 0.337 e. The molecule has 0 radical (unpaired) electrons. The van der Waals surface area contributed by atoms with Gasteiger partial charge in [0.25, 0.3) is 11.6 Å². The zero-order valence-corrected chi connectivity index (χ0v) is 13.0. The van der Waals surface area contributed by atoms with E-state index in [-0.39, 0.29) is 11.6 Å². The molecule has 2 saturated heterocycles. The predicted molar refractivity (Wildman–Crippen MR) is 81.2 cm³/mol. The average Bonchev–Trinajstić information content (AvgIpc) is 2.90. The van der Waals surface area contributed by atoms with Gasteiger partial charge < -0.3 is 10.2 Å². The van der Waals surface area contributed by atoms with Gasteiger partial charge in [0.2, 0.25) is 0 Å². The van der Waals surface area contributed by atoms with E-state index in [4.69, 9.17) is 0 Å². The first-order valence-corrected chi connectivity index (χ1v) is 7.82. The van der Waals surface area contributed by atoms with E-state index in [0.29, 0.717) is 28.5 Å². The van der Waals surface area contributed by atoms with Gasteiger partial charge in [0, 0.05) is 35.7 Å². The van der Waals surface area contributed by atoms with Crippen LogP contribution in [0.2, 0.25) is 0 Å². The Balaban J connectivity index is 1.82. The summed E-state index contributed by atoms with van der Waals surface area (Å²) in [5.74, 6) is 0.363. The lowest BCUT2D eigenvalue weighted by molar-refractivity contribution is -0.384. The van der Waals surface area contributed by atoms with Gasteiger partial charge >= 0.3 is 0 Å². The number of nitro benzene ring substituents is 1. The zero-order chi connectivity index (χ0) is 15.0. The van der Waals surface area contributed by atoms with Crippen molar-refractivity contribution in [2.45, 2.75) is 18.9 Å². The molecule has 0 aromatic heterocycles. The molecule has 2 unspecified atom stereocenters. The summed E-state index contributed by atoms with van der Waals surface area (Å²) < 4.78 is 0.598. The van der Waals surface area contributed by atoms with E-state index < -0.39 is 4.92 Å². The van der Waals surface area contributed by atoms with Crippen molar-refractivity contribution in [3.8, 4) is 0 Å². The van der Waals surface area contributed by atoms with Crippen LogP contribution in [-0.4, -0.2) is 41.4 Å². The van der Waals surface area contributed by atoms with E-state index in [2.05, 4.69) is 21.2 Å². The summed E-state index contributed by atoms with van der Waals surface area (Å²) in [7, 11) is 0. The number of nitrogens with one attached hydrogen (secondary N) is 1. The Morgan fingerprint density at radius 1 is 1.43 bits per heavy atom. The average molecular weight is 354 g/mol. The maximum absolute atomic E-state index is 12.6. The second kappa shape index (κ2) is 5.73. The molecule has 1 N–H and O–H groups in total. The SMILES string of the molecule is O=C(c1cc([N+](=O)[O-])ccc1Br)N1CC2CCCNC2C1. The van der Waals surface area contributed by atoms with Gasteiger partial charge in [0.15, 0.2) is 0 Å². The lowest BCUT2D eigenvalue weighted by Gasteiger charge is -2.24. The summed E-state index contributed by atoms with van der Waals surface area (Å²) in [5, 5.41) is 14.3. The topological polar surface area (TPSA) is 75.5 Å². The van der Waals surface area contributed by atoms with Gasteiger partial charge in [-0.25, -0.2) is 0 Å². The quantitative estimate of drug-likeness (QED) is 0.653. The molecular weight excluding hydrogens is 338 g/mol. The molecule has 0 spiro atoms. The lowest BCUT2D eigenvalue weighted by atomic mass is 9.94. The van der Waals surface area contributed by atoms with Gasteiger partial charge in [0.05, 0.1) is 10.5 Å². The summed E-state index contributed by atoms with van der Waals surface area (Å²) in [6, 6.07) is 4.67. The van der Waals surface area contributed by atoms with E-state index >= 15 is 0 Å². The maximum Gasteiger partial charge on any atom is 0.270 e. The molecule has 1 aromatic carbocycles. The highest BCUT2D eigenvalue weighted by molar-refractivity contribution is 9.10. The first-order valence-electron chi connectivity index (χ1n) is 7.03. The Bertz CT molecular complexity index is 579. The first kappa shape index (κ1) is 14.5. The molecule has 7 heteroatoms. The summed E-state index contributed by atoms with van der Waals surface area (Å²) in [6.07, 6.45) is 2.28. The van der Waals surface area contributed by atoms with Crippen molar-refractivity contribution in [1.82, 2.24) is 10.2 Å². The lowest BCUT2D eigenvalue weighted by Crippen LogP contribution is -2.41. The van der Waals surface area contributed by atoms with Gasteiger partial charge in [0.1, 0.15) is 0 Å². The van der Waals surface area contributed by atoms with E-state index in [0.717, 1.165) is 25.9 Å². The number of fused-ring (bicyclic) bond motifs is 1. The molecule has 6 nitrogen and oxygen atoms in total. The van der Waals surface area contributed by atoms with Crippen LogP contribution in [0, 0.1) is 16.0 Å². The third-order valence-corrected chi connectivity index (χ3v) is 4.97. The van der Waals surface area contributed by atoms with Crippen LogP contribution in [0.1, 0.15) is 23.2 Å².